The molecule has 2 heteroatoms. The molecule has 0 fully saturated rings. The molecule has 0 spiro atoms. The molecule has 0 aliphatic rings. The van der Waals surface area contributed by atoms with Crippen LogP contribution in [0.3, 0.4) is 0 Å². The Morgan fingerprint density at radius 1 is 0.515 bits per heavy atom. The maximum atomic E-state index is 2.58. The molecule has 0 bridgehead atoms. The summed E-state index contributed by atoms with van der Waals surface area (Å²) in [4.78, 5) is 0. The summed E-state index contributed by atoms with van der Waals surface area (Å²) >= 11 is 0. The first-order valence-electron chi connectivity index (χ1n) is 15.4. The van der Waals surface area contributed by atoms with Crippen molar-refractivity contribution in [2.75, 3.05) is 0 Å². The molecule has 1 heterocycles. The molecule has 194 valence electrons. The smallest absolute Gasteiger partial charge is 0.234 e. The van der Waals surface area contributed by atoms with Gasteiger partial charge in [0.25, 0.3) is 5.82 Å². The first-order valence-corrected chi connectivity index (χ1v) is 15.4. The first kappa shape index (κ1) is 30.2. The van der Waals surface area contributed by atoms with Crippen LogP contribution in [0.25, 0.3) is 0 Å². The molecule has 0 saturated heterocycles. The number of hydrogen-bond acceptors (Lipinski definition) is 0. The molecule has 0 aliphatic heterocycles. The molecule has 33 heavy (non-hydrogen) atoms. The van der Waals surface area contributed by atoms with E-state index in [1.807, 2.05) is 0 Å². The van der Waals surface area contributed by atoms with Gasteiger partial charge in [-0.2, -0.15) is 0 Å². The summed E-state index contributed by atoms with van der Waals surface area (Å²) in [6.07, 6.45) is 37.2. The number of rotatable bonds is 25. The van der Waals surface area contributed by atoms with Gasteiger partial charge in [-0.3, -0.25) is 0 Å². The molecule has 2 nitrogen and oxygen atoms in total. The van der Waals surface area contributed by atoms with Gasteiger partial charge in [0.15, 0.2) is 0 Å². The molecule has 0 saturated carbocycles. The van der Waals surface area contributed by atoms with Gasteiger partial charge >= 0.3 is 0 Å². The Labute approximate surface area is 208 Å². The van der Waals surface area contributed by atoms with E-state index in [0.29, 0.717) is 0 Å². The molecule has 0 aliphatic carbocycles. The monoisotopic (exact) mass is 461 g/mol. The van der Waals surface area contributed by atoms with Crippen molar-refractivity contribution in [3.05, 3.63) is 18.2 Å². The normalized spacial score (nSPS) is 11.5. The highest BCUT2D eigenvalue weighted by Crippen LogP contribution is 2.14. The molecule has 0 atom stereocenters. The van der Waals surface area contributed by atoms with Gasteiger partial charge in [0.05, 0.1) is 13.1 Å². The first-order chi connectivity index (χ1) is 16.3. The van der Waals surface area contributed by atoms with Crippen LogP contribution >= 0.6 is 0 Å². The molecule has 1 rings (SSSR count). The van der Waals surface area contributed by atoms with Crippen LogP contribution < -0.4 is 4.57 Å². The van der Waals surface area contributed by atoms with Crippen molar-refractivity contribution in [1.29, 1.82) is 0 Å². The average Bonchev–Trinajstić information content (AvgIpc) is 3.20. The Balaban J connectivity index is 2.09. The summed E-state index contributed by atoms with van der Waals surface area (Å²) < 4.78 is 5.11. The van der Waals surface area contributed by atoms with Gasteiger partial charge < -0.3 is 0 Å². The Kier molecular flexibility index (Phi) is 21.1. The fourth-order valence-corrected chi connectivity index (χ4v) is 5.15. The zero-order valence-electron chi connectivity index (χ0n) is 23.2. The van der Waals surface area contributed by atoms with Crippen LogP contribution in [0.5, 0.6) is 0 Å². The molecular weight excluding hydrogens is 400 g/mol. The summed E-state index contributed by atoms with van der Waals surface area (Å²) in [5, 5.41) is 0. The van der Waals surface area contributed by atoms with Gasteiger partial charge in [-0.25, -0.2) is 9.13 Å². The predicted octanol–water partition coefficient (Wildman–Crippen LogP) is 9.96. The van der Waals surface area contributed by atoms with Gasteiger partial charge in [0.2, 0.25) is 0 Å². The highest BCUT2D eigenvalue weighted by atomic mass is 15.1. The lowest BCUT2D eigenvalue weighted by Gasteiger charge is -2.06. The van der Waals surface area contributed by atoms with E-state index in [1.54, 1.807) is 5.82 Å². The van der Waals surface area contributed by atoms with Crippen LogP contribution in [0.2, 0.25) is 0 Å². The Hall–Kier alpha value is -0.790. The van der Waals surface area contributed by atoms with Crippen LogP contribution in [0.1, 0.15) is 168 Å². The lowest BCUT2D eigenvalue weighted by molar-refractivity contribution is -0.704. The van der Waals surface area contributed by atoms with Crippen molar-refractivity contribution in [3.8, 4) is 0 Å². The predicted molar refractivity (Wildman–Crippen MR) is 147 cm³/mol. The fraction of sp³-hybridized carbons (Fsp3) is 0.903. The number of unbranched alkanes of at least 4 members (excludes halogenated alkanes) is 19. The third-order valence-electron chi connectivity index (χ3n) is 7.31. The molecule has 0 radical (unpaired) electrons. The fourth-order valence-electron chi connectivity index (χ4n) is 5.15. The van der Waals surface area contributed by atoms with E-state index in [-0.39, 0.29) is 0 Å². The number of nitrogens with zero attached hydrogens (tertiary/aromatic N) is 2. The largest absolute Gasteiger partial charge is 0.256 e. The second-order valence-electron chi connectivity index (χ2n) is 10.6. The number of aromatic nitrogens is 2. The second-order valence-corrected chi connectivity index (χ2v) is 10.6. The van der Waals surface area contributed by atoms with E-state index in [9.17, 15) is 0 Å². The minimum atomic E-state index is 1.18. The highest BCUT2D eigenvalue weighted by molar-refractivity contribution is 4.84. The van der Waals surface area contributed by atoms with Crippen molar-refractivity contribution in [2.24, 2.45) is 0 Å². The molecule has 1 aromatic rings. The minimum Gasteiger partial charge on any atom is -0.234 e. The van der Waals surface area contributed by atoms with Crippen molar-refractivity contribution in [3.63, 3.8) is 0 Å². The molecule has 0 amide bonds. The van der Waals surface area contributed by atoms with E-state index in [0.717, 1.165) is 0 Å². The van der Waals surface area contributed by atoms with E-state index >= 15 is 0 Å². The highest BCUT2D eigenvalue weighted by Gasteiger charge is 2.15. The Bertz CT molecular complexity index is 519. The maximum absolute atomic E-state index is 2.58. The van der Waals surface area contributed by atoms with Crippen molar-refractivity contribution in [1.82, 2.24) is 4.57 Å². The number of aryl methyl sites for hydroxylation is 2. The van der Waals surface area contributed by atoms with E-state index in [1.165, 1.54) is 161 Å². The molecule has 0 unspecified atom stereocenters. The number of hydrogen-bond donors (Lipinski definition) is 0. The molecule has 0 aromatic carbocycles. The van der Waals surface area contributed by atoms with Gasteiger partial charge in [-0.15, -0.1) is 0 Å². The summed E-state index contributed by atoms with van der Waals surface area (Å²) in [6.45, 7) is 9.31. The molecule has 1 aromatic heterocycles. The third-order valence-corrected chi connectivity index (χ3v) is 7.31. The third kappa shape index (κ3) is 16.5. The topological polar surface area (TPSA) is 8.81 Å². The number of imidazole rings is 1. The zero-order valence-corrected chi connectivity index (χ0v) is 23.2. The van der Waals surface area contributed by atoms with Crippen LogP contribution in [-0.2, 0) is 19.5 Å². The standard InChI is InChI=1S/C31H61N2/c1-4-7-9-11-13-14-15-16-17-18-19-21-23-25-28-33-30-29-32(27-6-3)31(33)26-24-22-20-12-10-8-5-2/h29-30H,4-28H2,1-3H3/q+1. The minimum absolute atomic E-state index is 1.18. The van der Waals surface area contributed by atoms with Crippen LogP contribution in [-0.4, -0.2) is 4.57 Å². The Morgan fingerprint density at radius 2 is 0.939 bits per heavy atom. The summed E-state index contributed by atoms with van der Waals surface area (Å²) in [5.74, 6) is 1.58. The van der Waals surface area contributed by atoms with Gasteiger partial charge in [0.1, 0.15) is 12.4 Å². The van der Waals surface area contributed by atoms with Gasteiger partial charge in [-0.05, 0) is 25.7 Å². The quantitative estimate of drug-likeness (QED) is 0.101. The lowest BCUT2D eigenvalue weighted by atomic mass is 10.0. The van der Waals surface area contributed by atoms with Crippen molar-refractivity contribution >= 4 is 0 Å². The van der Waals surface area contributed by atoms with E-state index < -0.39 is 0 Å². The van der Waals surface area contributed by atoms with Crippen molar-refractivity contribution in [2.45, 2.75) is 182 Å². The van der Waals surface area contributed by atoms with Gasteiger partial charge in [0, 0.05) is 6.42 Å². The summed E-state index contributed by atoms with van der Waals surface area (Å²) in [5.41, 5.74) is 0. The summed E-state index contributed by atoms with van der Waals surface area (Å²) in [7, 11) is 0. The molecule has 0 N–H and O–H groups in total. The average molecular weight is 462 g/mol. The zero-order chi connectivity index (χ0) is 23.8. The SMILES string of the molecule is CCCCCCCCCCCCCCCC[n+]1ccn(CCC)c1CCCCCCCCC. The van der Waals surface area contributed by atoms with E-state index in [2.05, 4.69) is 42.3 Å². The summed E-state index contributed by atoms with van der Waals surface area (Å²) in [6, 6.07) is 0. The molecular formula is C31H61N2+. The van der Waals surface area contributed by atoms with E-state index in [4.69, 9.17) is 0 Å². The maximum Gasteiger partial charge on any atom is 0.256 e. The Morgan fingerprint density at radius 3 is 1.39 bits per heavy atom. The lowest BCUT2D eigenvalue weighted by Crippen LogP contribution is -2.37. The second kappa shape index (κ2) is 23.0. The van der Waals surface area contributed by atoms with Crippen LogP contribution in [0.15, 0.2) is 12.4 Å². The van der Waals surface area contributed by atoms with Crippen LogP contribution in [0, 0.1) is 0 Å². The van der Waals surface area contributed by atoms with Crippen molar-refractivity contribution < 1.29 is 4.57 Å². The van der Waals surface area contributed by atoms with Gasteiger partial charge in [-0.1, -0.05) is 136 Å². The van der Waals surface area contributed by atoms with Crippen LogP contribution in [0.4, 0.5) is 0 Å².